The van der Waals surface area contributed by atoms with Gasteiger partial charge in [0.1, 0.15) is 5.82 Å². The van der Waals surface area contributed by atoms with Crippen molar-refractivity contribution >= 4 is 5.82 Å². The summed E-state index contributed by atoms with van der Waals surface area (Å²) in [4.78, 5) is 13.9. The highest BCUT2D eigenvalue weighted by Crippen LogP contribution is 2.23. The molecule has 0 N–H and O–H groups in total. The number of nitrogens with zero attached hydrogens (tertiary/aromatic N) is 5. The molecule has 1 saturated heterocycles. The Kier molecular flexibility index (Phi) is 4.93. The van der Waals surface area contributed by atoms with Crippen molar-refractivity contribution < 1.29 is 4.52 Å². The number of benzene rings is 1. The standard InChI is InChI=1S/C20H23N5O/c1-2-10-24-11-13-25(14-12-24)18-9-8-17(15-21-18)20-22-19(23-26-20)16-6-4-3-5-7-16/h3-9,15H,2,10-14H2,1H3. The first-order valence-electron chi connectivity index (χ1n) is 9.16. The van der Waals surface area contributed by atoms with E-state index in [1.54, 1.807) is 0 Å². The summed E-state index contributed by atoms with van der Waals surface area (Å²) in [5.41, 5.74) is 1.78. The fourth-order valence-corrected chi connectivity index (χ4v) is 3.26. The fourth-order valence-electron chi connectivity index (χ4n) is 3.26. The van der Waals surface area contributed by atoms with Gasteiger partial charge in [0.25, 0.3) is 5.89 Å². The molecule has 1 aliphatic rings. The van der Waals surface area contributed by atoms with E-state index in [1.807, 2.05) is 48.7 Å². The highest BCUT2D eigenvalue weighted by Gasteiger charge is 2.18. The molecule has 0 aliphatic carbocycles. The lowest BCUT2D eigenvalue weighted by atomic mass is 10.2. The van der Waals surface area contributed by atoms with Crippen LogP contribution in [0.25, 0.3) is 22.8 Å². The molecule has 1 fully saturated rings. The van der Waals surface area contributed by atoms with E-state index in [4.69, 9.17) is 4.52 Å². The van der Waals surface area contributed by atoms with Gasteiger partial charge in [-0.2, -0.15) is 4.98 Å². The Labute approximate surface area is 153 Å². The summed E-state index contributed by atoms with van der Waals surface area (Å²) in [6, 6.07) is 13.9. The van der Waals surface area contributed by atoms with Gasteiger partial charge in [-0.05, 0) is 25.1 Å². The third kappa shape index (κ3) is 3.60. The normalized spacial score (nSPS) is 15.3. The molecule has 0 bridgehead atoms. The van der Waals surface area contributed by atoms with Crippen LogP contribution in [0.3, 0.4) is 0 Å². The van der Waals surface area contributed by atoms with E-state index in [2.05, 4.69) is 31.8 Å². The molecule has 0 unspecified atom stereocenters. The van der Waals surface area contributed by atoms with Crippen LogP contribution in [-0.2, 0) is 0 Å². The molecule has 1 aliphatic heterocycles. The Hall–Kier alpha value is -2.73. The van der Waals surface area contributed by atoms with Gasteiger partial charge in [-0.3, -0.25) is 4.90 Å². The zero-order valence-electron chi connectivity index (χ0n) is 15.0. The molecule has 6 heteroatoms. The quantitative estimate of drug-likeness (QED) is 0.704. The topological polar surface area (TPSA) is 58.3 Å². The zero-order chi connectivity index (χ0) is 17.8. The number of hydrogen-bond donors (Lipinski definition) is 0. The molecule has 0 saturated carbocycles. The number of aromatic nitrogens is 3. The second-order valence-corrected chi connectivity index (χ2v) is 6.52. The molecule has 0 spiro atoms. The van der Waals surface area contributed by atoms with Crippen molar-refractivity contribution in [2.24, 2.45) is 0 Å². The van der Waals surface area contributed by atoms with Crippen LogP contribution in [0.15, 0.2) is 53.2 Å². The Morgan fingerprint density at radius 1 is 0.962 bits per heavy atom. The molecule has 26 heavy (non-hydrogen) atoms. The summed E-state index contributed by atoms with van der Waals surface area (Å²) in [6.07, 6.45) is 3.03. The average Bonchev–Trinajstić information content (AvgIpc) is 3.20. The minimum absolute atomic E-state index is 0.496. The summed E-state index contributed by atoms with van der Waals surface area (Å²) >= 11 is 0. The molecule has 2 aromatic heterocycles. The maximum atomic E-state index is 5.41. The summed E-state index contributed by atoms with van der Waals surface area (Å²) in [6.45, 7) is 7.65. The second kappa shape index (κ2) is 7.66. The second-order valence-electron chi connectivity index (χ2n) is 6.52. The Bertz CT molecular complexity index is 823. The van der Waals surface area contributed by atoms with Crippen LogP contribution in [0.1, 0.15) is 13.3 Å². The maximum absolute atomic E-state index is 5.41. The largest absolute Gasteiger partial charge is 0.354 e. The lowest BCUT2D eigenvalue weighted by molar-refractivity contribution is 0.258. The van der Waals surface area contributed by atoms with Crippen LogP contribution in [0.5, 0.6) is 0 Å². The summed E-state index contributed by atoms with van der Waals surface area (Å²) < 4.78 is 5.41. The van der Waals surface area contributed by atoms with E-state index >= 15 is 0 Å². The van der Waals surface area contributed by atoms with Gasteiger partial charge >= 0.3 is 0 Å². The van der Waals surface area contributed by atoms with E-state index < -0.39 is 0 Å². The van der Waals surface area contributed by atoms with Gasteiger partial charge in [0, 0.05) is 37.9 Å². The monoisotopic (exact) mass is 349 g/mol. The van der Waals surface area contributed by atoms with Crippen LogP contribution in [-0.4, -0.2) is 52.7 Å². The van der Waals surface area contributed by atoms with Gasteiger partial charge < -0.3 is 9.42 Å². The average molecular weight is 349 g/mol. The molecule has 0 atom stereocenters. The molecule has 134 valence electrons. The predicted octanol–water partition coefficient (Wildman–Crippen LogP) is 3.33. The van der Waals surface area contributed by atoms with Crippen molar-refractivity contribution in [3.05, 3.63) is 48.7 Å². The molecule has 6 nitrogen and oxygen atoms in total. The highest BCUT2D eigenvalue weighted by molar-refractivity contribution is 5.60. The molecule has 0 radical (unpaired) electrons. The Morgan fingerprint density at radius 2 is 1.77 bits per heavy atom. The number of rotatable bonds is 5. The minimum atomic E-state index is 0.496. The van der Waals surface area contributed by atoms with Gasteiger partial charge in [0.05, 0.1) is 5.56 Å². The van der Waals surface area contributed by atoms with E-state index in [0.29, 0.717) is 11.7 Å². The summed E-state index contributed by atoms with van der Waals surface area (Å²) in [5, 5.41) is 4.07. The van der Waals surface area contributed by atoms with Crippen molar-refractivity contribution in [1.82, 2.24) is 20.0 Å². The third-order valence-corrected chi connectivity index (χ3v) is 4.69. The van der Waals surface area contributed by atoms with Gasteiger partial charge in [-0.15, -0.1) is 0 Å². The van der Waals surface area contributed by atoms with Crippen molar-refractivity contribution in [1.29, 1.82) is 0 Å². The number of pyridine rings is 1. The molecule has 4 rings (SSSR count). The molecule has 3 heterocycles. The van der Waals surface area contributed by atoms with Crippen LogP contribution in [0, 0.1) is 0 Å². The van der Waals surface area contributed by atoms with E-state index in [9.17, 15) is 0 Å². The van der Waals surface area contributed by atoms with Gasteiger partial charge in [-0.25, -0.2) is 4.98 Å². The first-order chi connectivity index (χ1) is 12.8. The smallest absolute Gasteiger partial charge is 0.259 e. The highest BCUT2D eigenvalue weighted by atomic mass is 16.5. The summed E-state index contributed by atoms with van der Waals surface area (Å²) in [7, 11) is 0. The third-order valence-electron chi connectivity index (χ3n) is 4.69. The number of anilines is 1. The first-order valence-corrected chi connectivity index (χ1v) is 9.16. The van der Waals surface area contributed by atoms with Crippen LogP contribution in [0.4, 0.5) is 5.82 Å². The van der Waals surface area contributed by atoms with Crippen molar-refractivity contribution in [2.75, 3.05) is 37.6 Å². The van der Waals surface area contributed by atoms with E-state index in [-0.39, 0.29) is 0 Å². The van der Waals surface area contributed by atoms with Gasteiger partial charge in [-0.1, -0.05) is 42.4 Å². The minimum Gasteiger partial charge on any atom is -0.354 e. The maximum Gasteiger partial charge on any atom is 0.259 e. The van der Waals surface area contributed by atoms with Gasteiger partial charge in [0.2, 0.25) is 5.82 Å². The van der Waals surface area contributed by atoms with E-state index in [0.717, 1.165) is 43.1 Å². The van der Waals surface area contributed by atoms with Crippen molar-refractivity contribution in [3.8, 4) is 22.8 Å². The van der Waals surface area contributed by atoms with Gasteiger partial charge in [0.15, 0.2) is 0 Å². The van der Waals surface area contributed by atoms with Crippen LogP contribution < -0.4 is 4.90 Å². The Balaban J connectivity index is 1.45. The van der Waals surface area contributed by atoms with Crippen LogP contribution >= 0.6 is 0 Å². The SMILES string of the molecule is CCCN1CCN(c2ccc(-c3nc(-c4ccccc4)no3)cn2)CC1. The fraction of sp³-hybridized carbons (Fsp3) is 0.350. The molecular weight excluding hydrogens is 326 g/mol. The van der Waals surface area contributed by atoms with Crippen molar-refractivity contribution in [2.45, 2.75) is 13.3 Å². The molecular formula is C20H23N5O. The van der Waals surface area contributed by atoms with Crippen LogP contribution in [0.2, 0.25) is 0 Å². The molecule has 0 amide bonds. The predicted molar refractivity (Wildman–Crippen MR) is 102 cm³/mol. The van der Waals surface area contributed by atoms with E-state index in [1.165, 1.54) is 13.0 Å². The lowest BCUT2D eigenvalue weighted by Crippen LogP contribution is -2.46. The van der Waals surface area contributed by atoms with Crippen molar-refractivity contribution in [3.63, 3.8) is 0 Å². The molecule has 1 aromatic carbocycles. The zero-order valence-corrected chi connectivity index (χ0v) is 15.0. The molecule has 3 aromatic rings. The number of hydrogen-bond acceptors (Lipinski definition) is 6. The lowest BCUT2D eigenvalue weighted by Gasteiger charge is -2.35. The Morgan fingerprint density at radius 3 is 2.46 bits per heavy atom. The summed E-state index contributed by atoms with van der Waals surface area (Å²) in [5.74, 6) is 2.10. The number of piperazine rings is 1. The first kappa shape index (κ1) is 16.7.